The zero-order valence-electron chi connectivity index (χ0n) is 11.2. The molecule has 1 atom stereocenters. The van der Waals surface area contributed by atoms with Crippen molar-refractivity contribution in [2.75, 3.05) is 5.75 Å². The molecule has 0 radical (unpaired) electrons. The van der Waals surface area contributed by atoms with Gasteiger partial charge in [0.15, 0.2) is 0 Å². The maximum absolute atomic E-state index is 6.31. The van der Waals surface area contributed by atoms with Crippen LogP contribution in [0.2, 0.25) is 5.02 Å². The van der Waals surface area contributed by atoms with Crippen LogP contribution in [0.3, 0.4) is 0 Å². The fourth-order valence-electron chi connectivity index (χ4n) is 1.95. The van der Waals surface area contributed by atoms with Crippen molar-refractivity contribution in [3.05, 3.63) is 45.7 Å². The van der Waals surface area contributed by atoms with Crippen LogP contribution in [0.15, 0.2) is 39.8 Å². The van der Waals surface area contributed by atoms with Gasteiger partial charge in [0.05, 0.1) is 27.4 Å². The third kappa shape index (κ3) is 3.79. The van der Waals surface area contributed by atoms with Crippen LogP contribution in [-0.4, -0.2) is 15.5 Å². The van der Waals surface area contributed by atoms with Crippen molar-refractivity contribution < 1.29 is 0 Å². The number of hydrogen-bond acceptors (Lipinski definition) is 3. The van der Waals surface area contributed by atoms with Crippen molar-refractivity contribution in [1.29, 1.82) is 0 Å². The number of aryl methyl sites for hydroxylation is 1. The average Bonchev–Trinajstić information content (AvgIpc) is 2.79. The van der Waals surface area contributed by atoms with Crippen molar-refractivity contribution in [1.82, 2.24) is 9.78 Å². The van der Waals surface area contributed by atoms with E-state index in [0.29, 0.717) is 0 Å². The van der Waals surface area contributed by atoms with Crippen LogP contribution < -0.4 is 5.73 Å². The van der Waals surface area contributed by atoms with E-state index in [2.05, 4.69) is 28.0 Å². The summed E-state index contributed by atoms with van der Waals surface area (Å²) >= 11 is 11.4. The summed E-state index contributed by atoms with van der Waals surface area (Å²) in [5.74, 6) is 0.762. The number of rotatable bonds is 6. The quantitative estimate of drug-likeness (QED) is 0.757. The largest absolute Gasteiger partial charge is 0.322 e. The van der Waals surface area contributed by atoms with Gasteiger partial charge >= 0.3 is 0 Å². The molecule has 0 bridgehead atoms. The lowest BCUT2D eigenvalue weighted by Crippen LogP contribution is -2.19. The molecule has 1 aromatic heterocycles. The monoisotopic (exact) mass is 373 g/mol. The maximum atomic E-state index is 6.31. The third-order valence-electron chi connectivity index (χ3n) is 2.87. The molecular formula is C14H17BrClN3S. The van der Waals surface area contributed by atoms with Gasteiger partial charge in [-0.3, -0.25) is 4.68 Å². The molecule has 1 unspecified atom stereocenters. The van der Waals surface area contributed by atoms with Gasteiger partial charge in [-0.2, -0.15) is 5.10 Å². The Bertz CT molecular complexity index is 573. The molecule has 2 N–H and O–H groups in total. The second-order valence-corrected chi connectivity index (χ2v) is 6.77. The van der Waals surface area contributed by atoms with Gasteiger partial charge in [0.25, 0.3) is 0 Å². The summed E-state index contributed by atoms with van der Waals surface area (Å²) in [5, 5.41) is 5.12. The van der Waals surface area contributed by atoms with Gasteiger partial charge in [0.2, 0.25) is 0 Å². The Kier molecular flexibility index (Phi) is 5.96. The van der Waals surface area contributed by atoms with Crippen LogP contribution in [0.5, 0.6) is 0 Å². The van der Waals surface area contributed by atoms with E-state index in [1.165, 1.54) is 0 Å². The van der Waals surface area contributed by atoms with E-state index in [1.807, 2.05) is 35.1 Å². The van der Waals surface area contributed by atoms with Crippen molar-refractivity contribution >= 4 is 39.3 Å². The fourth-order valence-corrected chi connectivity index (χ4v) is 3.74. The van der Waals surface area contributed by atoms with E-state index in [4.69, 9.17) is 17.3 Å². The van der Waals surface area contributed by atoms with Gasteiger partial charge in [-0.15, -0.1) is 11.8 Å². The van der Waals surface area contributed by atoms with E-state index in [1.54, 1.807) is 11.8 Å². The number of thioether (sulfide) groups is 1. The van der Waals surface area contributed by atoms with Crippen molar-refractivity contribution in [2.45, 2.75) is 30.8 Å². The Labute approximate surface area is 137 Å². The first kappa shape index (κ1) is 15.9. The Morgan fingerprint density at radius 1 is 1.45 bits per heavy atom. The molecule has 0 spiro atoms. The van der Waals surface area contributed by atoms with Gasteiger partial charge in [-0.05, 0) is 34.5 Å². The molecule has 1 heterocycles. The Hall–Kier alpha value is -0.490. The highest BCUT2D eigenvalue weighted by atomic mass is 79.9. The molecular weight excluding hydrogens is 358 g/mol. The highest BCUT2D eigenvalue weighted by Gasteiger charge is 2.17. The molecule has 1 aromatic carbocycles. The summed E-state index contributed by atoms with van der Waals surface area (Å²) in [7, 11) is 0. The van der Waals surface area contributed by atoms with Crippen LogP contribution in [0.25, 0.3) is 0 Å². The van der Waals surface area contributed by atoms with Crippen molar-refractivity contribution in [2.24, 2.45) is 5.73 Å². The number of nitrogens with zero attached hydrogens (tertiary/aromatic N) is 2. The molecule has 2 rings (SSSR count). The normalized spacial score (nSPS) is 12.6. The predicted molar refractivity (Wildman–Crippen MR) is 89.3 cm³/mol. The average molecular weight is 375 g/mol. The highest BCUT2D eigenvalue weighted by Crippen LogP contribution is 2.31. The summed E-state index contributed by atoms with van der Waals surface area (Å²) in [4.78, 5) is 1.06. The van der Waals surface area contributed by atoms with Gasteiger partial charge in [0.1, 0.15) is 0 Å². The number of halogens is 2. The lowest BCUT2D eigenvalue weighted by atomic mass is 10.2. The van der Waals surface area contributed by atoms with E-state index in [9.17, 15) is 0 Å². The molecule has 20 heavy (non-hydrogen) atoms. The highest BCUT2D eigenvalue weighted by molar-refractivity contribution is 9.10. The molecule has 108 valence electrons. The van der Waals surface area contributed by atoms with Crippen LogP contribution in [-0.2, 0) is 6.54 Å². The SMILES string of the molecule is CCCn1ncc(Br)c1C(N)CSc1ccccc1Cl. The topological polar surface area (TPSA) is 43.8 Å². The van der Waals surface area contributed by atoms with E-state index >= 15 is 0 Å². The molecule has 0 aliphatic carbocycles. The lowest BCUT2D eigenvalue weighted by molar-refractivity contribution is 0.553. The second-order valence-electron chi connectivity index (χ2n) is 4.45. The minimum atomic E-state index is -0.0836. The van der Waals surface area contributed by atoms with Crippen molar-refractivity contribution in [3.8, 4) is 0 Å². The molecule has 2 aromatic rings. The number of aromatic nitrogens is 2. The van der Waals surface area contributed by atoms with Crippen molar-refractivity contribution in [3.63, 3.8) is 0 Å². The second kappa shape index (κ2) is 7.50. The molecule has 6 heteroatoms. The predicted octanol–water partition coefficient (Wildman–Crippen LogP) is 4.50. The number of nitrogens with two attached hydrogens (primary N) is 1. The van der Waals surface area contributed by atoms with Crippen LogP contribution in [0.1, 0.15) is 25.1 Å². The minimum Gasteiger partial charge on any atom is -0.322 e. The summed E-state index contributed by atoms with van der Waals surface area (Å²) in [6, 6.07) is 7.74. The fraction of sp³-hybridized carbons (Fsp3) is 0.357. The standard InChI is InChI=1S/C14H17BrClN3S/c1-2-7-19-14(10(15)8-18-19)12(17)9-20-13-6-4-3-5-11(13)16/h3-6,8,12H,2,7,9,17H2,1H3. The third-order valence-corrected chi connectivity index (χ3v) is 5.12. The van der Waals surface area contributed by atoms with E-state index < -0.39 is 0 Å². The first-order chi connectivity index (χ1) is 9.63. The Balaban J connectivity index is 2.07. The maximum Gasteiger partial charge on any atom is 0.0702 e. The summed E-state index contributed by atoms with van der Waals surface area (Å²) in [5.41, 5.74) is 7.36. The summed E-state index contributed by atoms with van der Waals surface area (Å²) in [6.07, 6.45) is 2.84. The molecule has 0 aliphatic heterocycles. The molecule has 0 saturated carbocycles. The number of benzene rings is 1. The molecule has 0 amide bonds. The molecule has 3 nitrogen and oxygen atoms in total. The Morgan fingerprint density at radius 2 is 2.20 bits per heavy atom. The van der Waals surface area contributed by atoms with Crippen LogP contribution in [0, 0.1) is 0 Å². The molecule has 0 saturated heterocycles. The van der Waals surface area contributed by atoms with Gasteiger partial charge in [-0.1, -0.05) is 30.7 Å². The lowest BCUT2D eigenvalue weighted by Gasteiger charge is -2.15. The van der Waals surface area contributed by atoms with Gasteiger partial charge in [-0.25, -0.2) is 0 Å². The summed E-state index contributed by atoms with van der Waals surface area (Å²) in [6.45, 7) is 3.01. The first-order valence-corrected chi connectivity index (χ1v) is 8.63. The zero-order chi connectivity index (χ0) is 14.5. The van der Waals surface area contributed by atoms with Crippen LogP contribution >= 0.6 is 39.3 Å². The first-order valence-electron chi connectivity index (χ1n) is 6.47. The summed E-state index contributed by atoms with van der Waals surface area (Å²) < 4.78 is 2.94. The van der Waals surface area contributed by atoms with E-state index in [0.717, 1.165) is 38.8 Å². The van der Waals surface area contributed by atoms with Gasteiger partial charge in [0, 0.05) is 17.2 Å². The van der Waals surface area contributed by atoms with E-state index in [-0.39, 0.29) is 6.04 Å². The smallest absolute Gasteiger partial charge is 0.0702 e. The van der Waals surface area contributed by atoms with Crippen LogP contribution in [0.4, 0.5) is 0 Å². The number of hydrogen-bond donors (Lipinski definition) is 1. The van der Waals surface area contributed by atoms with Gasteiger partial charge < -0.3 is 5.73 Å². The Morgan fingerprint density at radius 3 is 2.90 bits per heavy atom. The molecule has 0 aliphatic rings. The zero-order valence-corrected chi connectivity index (χ0v) is 14.4. The molecule has 0 fully saturated rings. The minimum absolute atomic E-state index is 0.0836.